The minimum atomic E-state index is -0.452. The lowest BCUT2D eigenvalue weighted by atomic mass is 10.1. The van der Waals surface area contributed by atoms with Crippen molar-refractivity contribution in [3.8, 4) is 0 Å². The zero-order chi connectivity index (χ0) is 16.5. The number of carbonyl (C=O) groups excluding carboxylic acids is 1. The number of fused-ring (bicyclic) bond motifs is 1. The van der Waals surface area contributed by atoms with Crippen molar-refractivity contribution < 1.29 is 9.21 Å². The number of hydrazone groups is 1. The van der Waals surface area contributed by atoms with Crippen molar-refractivity contribution in [2.24, 2.45) is 10.1 Å². The highest BCUT2D eigenvalue weighted by Crippen LogP contribution is 2.29. The van der Waals surface area contributed by atoms with Crippen molar-refractivity contribution in [3.05, 3.63) is 65.6 Å². The number of amides is 1. The summed E-state index contributed by atoms with van der Waals surface area (Å²) in [6.07, 6.45) is 3.67. The van der Waals surface area contributed by atoms with E-state index < -0.39 is 5.91 Å². The summed E-state index contributed by atoms with van der Waals surface area (Å²) in [5.74, 6) is 0.0605. The predicted octanol–water partition coefficient (Wildman–Crippen LogP) is 3.14. The molecular formula is C17H12N4O2S. The van der Waals surface area contributed by atoms with E-state index in [1.54, 1.807) is 12.1 Å². The van der Waals surface area contributed by atoms with Crippen LogP contribution in [0.3, 0.4) is 0 Å². The fourth-order valence-corrected chi connectivity index (χ4v) is 3.31. The molecule has 6 nitrogen and oxygen atoms in total. The van der Waals surface area contributed by atoms with Gasteiger partial charge in [-0.05, 0) is 35.5 Å². The number of nitrogens with one attached hydrogen (secondary N) is 1. The van der Waals surface area contributed by atoms with Crippen LogP contribution in [-0.2, 0) is 11.2 Å². The maximum Gasteiger partial charge on any atom is 0.283 e. The van der Waals surface area contributed by atoms with Crippen molar-refractivity contribution in [3.63, 3.8) is 0 Å². The lowest BCUT2D eigenvalue weighted by molar-refractivity contribution is -0.114. The summed E-state index contributed by atoms with van der Waals surface area (Å²) in [7, 11) is 0. The van der Waals surface area contributed by atoms with E-state index in [4.69, 9.17) is 9.83 Å². The first-order valence-corrected chi connectivity index (χ1v) is 8.09. The Balaban J connectivity index is 1.61. The van der Waals surface area contributed by atoms with E-state index in [0.29, 0.717) is 17.3 Å². The normalized spacial score (nSPS) is 18.7. The van der Waals surface area contributed by atoms with Crippen molar-refractivity contribution in [2.75, 3.05) is 0 Å². The summed E-state index contributed by atoms with van der Waals surface area (Å²) in [5.41, 5.74) is 1.28. The molecule has 118 valence electrons. The van der Waals surface area contributed by atoms with Crippen molar-refractivity contribution in [1.82, 2.24) is 5.01 Å². The Hall–Kier alpha value is -2.93. The third kappa shape index (κ3) is 2.69. The van der Waals surface area contributed by atoms with E-state index in [9.17, 15) is 4.79 Å². The fraction of sp³-hybridized carbons (Fsp3) is 0.0588. The molecule has 0 radical (unpaired) electrons. The smallest absolute Gasteiger partial charge is 0.283 e. The molecule has 2 aliphatic rings. The van der Waals surface area contributed by atoms with Gasteiger partial charge in [-0.3, -0.25) is 10.2 Å². The molecule has 24 heavy (non-hydrogen) atoms. The first-order valence-electron chi connectivity index (χ1n) is 7.27. The Morgan fingerprint density at radius 1 is 1.21 bits per heavy atom. The molecule has 4 rings (SSSR count). The minimum absolute atomic E-state index is 0.0111. The highest BCUT2D eigenvalue weighted by molar-refractivity contribution is 8.26. The van der Waals surface area contributed by atoms with Crippen LogP contribution in [0.25, 0.3) is 6.08 Å². The molecule has 7 heteroatoms. The Labute approximate surface area is 142 Å². The number of aliphatic imine (C=N–C) groups is 1. The number of hydrogen-bond donors (Lipinski definition) is 1. The van der Waals surface area contributed by atoms with Crippen LogP contribution in [0, 0.1) is 5.41 Å². The van der Waals surface area contributed by atoms with Crippen LogP contribution >= 0.6 is 11.8 Å². The lowest BCUT2D eigenvalue weighted by Crippen LogP contribution is -2.35. The first-order chi connectivity index (χ1) is 11.7. The van der Waals surface area contributed by atoms with Gasteiger partial charge in [-0.2, -0.15) is 15.1 Å². The van der Waals surface area contributed by atoms with E-state index in [-0.39, 0.29) is 11.4 Å². The van der Waals surface area contributed by atoms with Gasteiger partial charge in [0.25, 0.3) is 5.91 Å². The van der Waals surface area contributed by atoms with Crippen molar-refractivity contribution in [1.29, 1.82) is 5.41 Å². The van der Waals surface area contributed by atoms with Gasteiger partial charge < -0.3 is 4.42 Å². The van der Waals surface area contributed by atoms with Crippen LogP contribution in [0.4, 0.5) is 0 Å². The molecule has 0 unspecified atom stereocenters. The highest BCUT2D eigenvalue weighted by atomic mass is 32.2. The minimum Gasteiger partial charge on any atom is -0.465 e. The van der Waals surface area contributed by atoms with Crippen LogP contribution in [0.5, 0.6) is 0 Å². The van der Waals surface area contributed by atoms with Gasteiger partial charge in [0.05, 0.1) is 11.8 Å². The largest absolute Gasteiger partial charge is 0.465 e. The average molecular weight is 336 g/mol. The third-order valence-corrected chi connectivity index (χ3v) is 4.43. The van der Waals surface area contributed by atoms with E-state index in [0.717, 1.165) is 10.6 Å². The highest BCUT2D eigenvalue weighted by Gasteiger charge is 2.35. The summed E-state index contributed by atoms with van der Waals surface area (Å²) in [6, 6.07) is 13.4. The number of hydrogen-bond acceptors (Lipinski definition) is 5. The lowest BCUT2D eigenvalue weighted by Gasteiger charge is -2.19. The second kappa shape index (κ2) is 5.93. The van der Waals surface area contributed by atoms with Gasteiger partial charge in [0, 0.05) is 6.42 Å². The molecule has 2 aromatic rings. The number of nitrogens with zero attached hydrogens (tertiary/aromatic N) is 3. The molecule has 1 aromatic carbocycles. The standard InChI is InChI=1S/C17H12N4O2S/c18-15-13(10-12-7-4-8-23-12)16(22)19-17-21(15)20-14(24-17)9-11-5-2-1-3-6-11/h1-8,10,18H,9H2. The average Bonchev–Trinajstić information content (AvgIpc) is 3.22. The molecule has 3 heterocycles. The Morgan fingerprint density at radius 2 is 2.04 bits per heavy atom. The van der Waals surface area contributed by atoms with Gasteiger partial charge >= 0.3 is 0 Å². The molecule has 1 N–H and O–H groups in total. The van der Waals surface area contributed by atoms with E-state index in [1.807, 2.05) is 30.3 Å². The van der Waals surface area contributed by atoms with E-state index in [2.05, 4.69) is 10.1 Å². The number of rotatable bonds is 3. The first kappa shape index (κ1) is 14.6. The number of thioether (sulfide) groups is 1. The fourth-order valence-electron chi connectivity index (χ4n) is 2.39. The zero-order valence-electron chi connectivity index (χ0n) is 12.5. The van der Waals surface area contributed by atoms with Crippen molar-refractivity contribution in [2.45, 2.75) is 6.42 Å². The number of carbonyl (C=O) groups is 1. The van der Waals surface area contributed by atoms with Crippen LogP contribution in [0.15, 0.2) is 68.8 Å². The Bertz CT molecular complexity index is 898. The number of furan rings is 1. The van der Waals surface area contributed by atoms with Crippen LogP contribution in [-0.4, -0.2) is 27.0 Å². The molecule has 1 aromatic heterocycles. The topological polar surface area (TPSA) is 82.0 Å². The Morgan fingerprint density at radius 3 is 2.79 bits per heavy atom. The van der Waals surface area contributed by atoms with Gasteiger partial charge in [-0.25, -0.2) is 0 Å². The quantitative estimate of drug-likeness (QED) is 0.873. The molecule has 2 aliphatic heterocycles. The SMILES string of the molecule is N=C1C(=Cc2ccco2)C(=O)N=C2SC(Cc3ccccc3)=NN12. The summed E-state index contributed by atoms with van der Waals surface area (Å²) in [6.45, 7) is 0. The van der Waals surface area contributed by atoms with Crippen LogP contribution in [0.2, 0.25) is 0 Å². The summed E-state index contributed by atoms with van der Waals surface area (Å²) < 4.78 is 5.21. The van der Waals surface area contributed by atoms with Crippen LogP contribution < -0.4 is 0 Å². The molecule has 0 saturated heterocycles. The Kier molecular flexibility index (Phi) is 3.62. The molecule has 0 saturated carbocycles. The maximum atomic E-state index is 12.2. The van der Waals surface area contributed by atoms with Gasteiger partial charge in [0.15, 0.2) is 5.84 Å². The predicted molar refractivity (Wildman–Crippen MR) is 93.9 cm³/mol. The summed E-state index contributed by atoms with van der Waals surface area (Å²) >= 11 is 1.32. The van der Waals surface area contributed by atoms with Gasteiger partial charge in [-0.1, -0.05) is 30.3 Å². The van der Waals surface area contributed by atoms with E-state index in [1.165, 1.54) is 29.1 Å². The van der Waals surface area contributed by atoms with E-state index >= 15 is 0 Å². The summed E-state index contributed by atoms with van der Waals surface area (Å²) in [5, 5.41) is 15.3. The van der Waals surface area contributed by atoms with Gasteiger partial charge in [0.1, 0.15) is 10.8 Å². The van der Waals surface area contributed by atoms with Crippen LogP contribution in [0.1, 0.15) is 11.3 Å². The van der Waals surface area contributed by atoms with Crippen molar-refractivity contribution >= 4 is 39.8 Å². The molecular weight excluding hydrogens is 324 g/mol. The molecule has 0 spiro atoms. The van der Waals surface area contributed by atoms with Gasteiger partial charge in [-0.15, -0.1) is 0 Å². The molecule has 0 atom stereocenters. The molecule has 0 bridgehead atoms. The third-order valence-electron chi connectivity index (χ3n) is 3.52. The monoisotopic (exact) mass is 336 g/mol. The second-order valence-electron chi connectivity index (χ2n) is 5.19. The number of amidine groups is 2. The molecule has 0 aliphatic carbocycles. The second-order valence-corrected chi connectivity index (χ2v) is 6.23. The maximum absolute atomic E-state index is 12.2. The zero-order valence-corrected chi connectivity index (χ0v) is 13.3. The van der Waals surface area contributed by atoms with Gasteiger partial charge in [0.2, 0.25) is 5.17 Å². The molecule has 0 fully saturated rings. The summed E-state index contributed by atoms with van der Waals surface area (Å²) in [4.78, 5) is 16.3. The molecule has 1 amide bonds. The number of benzene rings is 1.